The van der Waals surface area contributed by atoms with E-state index < -0.39 is 44.9 Å². The predicted octanol–water partition coefficient (Wildman–Crippen LogP) is 4.81. The molecule has 172 valence electrons. The van der Waals surface area contributed by atoms with Crippen molar-refractivity contribution in [3.8, 4) is 0 Å². The van der Waals surface area contributed by atoms with Gasteiger partial charge in [0.2, 0.25) is 0 Å². The van der Waals surface area contributed by atoms with Crippen LogP contribution in [0, 0.1) is 11.7 Å². The summed E-state index contributed by atoms with van der Waals surface area (Å²) in [6.07, 6.45) is -2.83. The lowest BCUT2D eigenvalue weighted by atomic mass is 9.81. The molecule has 1 aliphatic carbocycles. The van der Waals surface area contributed by atoms with Crippen LogP contribution in [0.5, 0.6) is 0 Å². The van der Waals surface area contributed by atoms with Gasteiger partial charge in [0.1, 0.15) is 10.7 Å². The van der Waals surface area contributed by atoms with Gasteiger partial charge in [0.15, 0.2) is 5.13 Å². The number of thiazole rings is 1. The Kier molecular flexibility index (Phi) is 7.04. The summed E-state index contributed by atoms with van der Waals surface area (Å²) in [6.45, 7) is 0. The minimum absolute atomic E-state index is 0.0589. The molecule has 3 rings (SSSR count). The Morgan fingerprint density at radius 2 is 1.97 bits per heavy atom. The van der Waals surface area contributed by atoms with Gasteiger partial charge in [0.05, 0.1) is 16.6 Å². The molecule has 2 N–H and O–H groups in total. The molecule has 1 aromatic heterocycles. The zero-order valence-corrected chi connectivity index (χ0v) is 19.0. The molecule has 1 aromatic carbocycles. The number of sulfonamides is 1. The molecule has 1 saturated carbocycles. The van der Waals surface area contributed by atoms with Crippen LogP contribution >= 0.6 is 22.9 Å². The van der Waals surface area contributed by atoms with Crippen LogP contribution in [0.3, 0.4) is 0 Å². The van der Waals surface area contributed by atoms with Crippen LogP contribution in [0.15, 0.2) is 28.6 Å². The molecule has 1 heterocycles. The Morgan fingerprint density at radius 3 is 2.55 bits per heavy atom. The van der Waals surface area contributed by atoms with E-state index in [0.717, 1.165) is 23.5 Å². The van der Waals surface area contributed by atoms with E-state index in [4.69, 9.17) is 11.6 Å². The zero-order chi connectivity index (χ0) is 23.0. The number of aromatic nitrogens is 1. The summed E-state index contributed by atoms with van der Waals surface area (Å²) < 4.78 is 81.3. The lowest BCUT2D eigenvalue weighted by molar-refractivity contribution is -0.186. The first kappa shape index (κ1) is 24.0. The number of anilines is 2. The fourth-order valence-electron chi connectivity index (χ4n) is 3.67. The molecule has 31 heavy (non-hydrogen) atoms. The quantitative estimate of drug-likeness (QED) is 0.557. The number of halogens is 5. The second kappa shape index (κ2) is 9.08. The molecule has 3 atom stereocenters. The summed E-state index contributed by atoms with van der Waals surface area (Å²) in [5.74, 6) is -2.45. The van der Waals surface area contributed by atoms with Gasteiger partial charge in [-0.1, -0.05) is 11.6 Å². The molecule has 0 radical (unpaired) electrons. The Hall–Kier alpha value is -1.63. The lowest BCUT2D eigenvalue weighted by Gasteiger charge is -2.41. The molecule has 2 aromatic rings. The average molecular weight is 501 g/mol. The van der Waals surface area contributed by atoms with E-state index in [-0.39, 0.29) is 35.1 Å². The summed E-state index contributed by atoms with van der Waals surface area (Å²) in [6, 6.07) is 1.04. The minimum Gasteiger partial charge on any atom is -0.379 e. The molecule has 3 unspecified atom stereocenters. The van der Waals surface area contributed by atoms with Gasteiger partial charge in [-0.25, -0.2) is 17.8 Å². The molecular weight excluding hydrogens is 480 g/mol. The molecule has 0 amide bonds. The summed E-state index contributed by atoms with van der Waals surface area (Å²) >= 11 is 7.24. The van der Waals surface area contributed by atoms with Crippen molar-refractivity contribution in [1.82, 2.24) is 9.88 Å². The molecular formula is C18H21ClF4N4O2S2. The average Bonchev–Trinajstić information content (AvgIpc) is 3.15. The summed E-state index contributed by atoms with van der Waals surface area (Å²) in [5, 5.41) is 4.59. The van der Waals surface area contributed by atoms with E-state index in [9.17, 15) is 26.0 Å². The van der Waals surface area contributed by atoms with Crippen LogP contribution in [0.4, 0.5) is 28.4 Å². The van der Waals surface area contributed by atoms with Crippen molar-refractivity contribution in [2.45, 2.75) is 42.4 Å². The van der Waals surface area contributed by atoms with Crippen LogP contribution in [0.1, 0.15) is 19.3 Å². The van der Waals surface area contributed by atoms with Crippen LogP contribution in [0.2, 0.25) is 5.02 Å². The van der Waals surface area contributed by atoms with Gasteiger partial charge in [0.25, 0.3) is 10.0 Å². The second-order valence-corrected chi connectivity index (χ2v) is 10.5. The van der Waals surface area contributed by atoms with Gasteiger partial charge in [-0.05, 0) is 45.5 Å². The SMILES string of the molecule is CN(C)C1CC(C(F)(F)F)CCC1Nc1cc(F)c(S(=O)(=O)Nc2nccs2)cc1Cl. The van der Waals surface area contributed by atoms with E-state index in [1.165, 1.54) is 6.20 Å². The fraction of sp³-hybridized carbons (Fsp3) is 0.500. The Morgan fingerprint density at radius 1 is 1.26 bits per heavy atom. The van der Waals surface area contributed by atoms with Gasteiger partial charge in [-0.15, -0.1) is 11.3 Å². The van der Waals surface area contributed by atoms with Gasteiger partial charge in [0, 0.05) is 23.7 Å². The monoisotopic (exact) mass is 500 g/mol. The number of nitrogens with zero attached hydrogens (tertiary/aromatic N) is 2. The number of nitrogens with one attached hydrogen (secondary N) is 2. The van der Waals surface area contributed by atoms with Crippen molar-refractivity contribution in [3.63, 3.8) is 0 Å². The van der Waals surface area contributed by atoms with Gasteiger partial charge in [-0.2, -0.15) is 13.2 Å². The Labute approximate surface area is 186 Å². The molecule has 13 heteroatoms. The van der Waals surface area contributed by atoms with Crippen molar-refractivity contribution in [2.75, 3.05) is 24.1 Å². The highest BCUT2D eigenvalue weighted by Gasteiger charge is 2.45. The highest BCUT2D eigenvalue weighted by atomic mass is 35.5. The van der Waals surface area contributed by atoms with Gasteiger partial charge in [-0.3, -0.25) is 4.72 Å². The molecule has 0 saturated heterocycles. The maximum Gasteiger partial charge on any atom is 0.391 e. The lowest BCUT2D eigenvalue weighted by Crippen LogP contribution is -2.49. The topological polar surface area (TPSA) is 74.3 Å². The number of benzene rings is 1. The first-order valence-corrected chi connectivity index (χ1v) is 12.0. The summed E-state index contributed by atoms with van der Waals surface area (Å²) in [7, 11) is -0.895. The van der Waals surface area contributed by atoms with Crippen molar-refractivity contribution in [2.24, 2.45) is 5.92 Å². The standard InChI is InChI=1S/C18H21ClF4N4O2S2/c1-27(2)15-7-10(18(21,22)23)3-4-13(15)25-14-9-12(20)16(8-11(14)19)31(28,29)26-17-24-5-6-30-17/h5-6,8-10,13,15,25H,3-4,7H2,1-2H3,(H,24,26). The number of hydrogen-bond donors (Lipinski definition) is 2. The number of alkyl halides is 3. The van der Waals surface area contributed by atoms with E-state index in [2.05, 4.69) is 15.0 Å². The van der Waals surface area contributed by atoms with Crippen LogP contribution in [-0.2, 0) is 10.0 Å². The molecule has 0 aliphatic heterocycles. The molecule has 0 spiro atoms. The van der Waals surface area contributed by atoms with Gasteiger partial charge >= 0.3 is 6.18 Å². The third-order valence-electron chi connectivity index (χ3n) is 5.25. The van der Waals surface area contributed by atoms with Crippen LogP contribution in [-0.4, -0.2) is 50.7 Å². The third-order valence-corrected chi connectivity index (χ3v) is 7.73. The highest BCUT2D eigenvalue weighted by Crippen LogP contribution is 2.40. The highest BCUT2D eigenvalue weighted by molar-refractivity contribution is 7.93. The third kappa shape index (κ3) is 5.60. The number of rotatable bonds is 6. The maximum atomic E-state index is 14.7. The van der Waals surface area contributed by atoms with E-state index in [1.54, 1.807) is 24.4 Å². The molecule has 0 bridgehead atoms. The predicted molar refractivity (Wildman–Crippen MR) is 113 cm³/mol. The second-order valence-electron chi connectivity index (χ2n) is 7.54. The number of hydrogen-bond acceptors (Lipinski definition) is 6. The minimum atomic E-state index is -4.27. The summed E-state index contributed by atoms with van der Waals surface area (Å²) in [4.78, 5) is 4.84. The fourth-order valence-corrected chi connectivity index (χ4v) is 5.83. The maximum absolute atomic E-state index is 14.7. The Balaban J connectivity index is 1.82. The first-order chi connectivity index (χ1) is 14.4. The molecule has 1 fully saturated rings. The molecule has 6 nitrogen and oxygen atoms in total. The Bertz CT molecular complexity index is 1020. The van der Waals surface area contributed by atoms with E-state index in [0.29, 0.717) is 0 Å². The van der Waals surface area contributed by atoms with Crippen LogP contribution in [0.25, 0.3) is 0 Å². The normalized spacial score (nSPS) is 22.5. The van der Waals surface area contributed by atoms with Crippen molar-refractivity contribution < 1.29 is 26.0 Å². The van der Waals surface area contributed by atoms with Gasteiger partial charge < -0.3 is 10.2 Å². The largest absolute Gasteiger partial charge is 0.391 e. The van der Waals surface area contributed by atoms with Crippen LogP contribution < -0.4 is 10.0 Å². The van der Waals surface area contributed by atoms with E-state index >= 15 is 0 Å². The van der Waals surface area contributed by atoms with Crippen molar-refractivity contribution >= 4 is 43.8 Å². The first-order valence-electron chi connectivity index (χ1n) is 9.29. The molecule has 1 aliphatic rings. The van der Waals surface area contributed by atoms with E-state index in [1.807, 2.05) is 0 Å². The number of likely N-dealkylation sites (N-methyl/N-ethyl adjacent to an activating group) is 1. The zero-order valence-electron chi connectivity index (χ0n) is 16.6. The summed E-state index contributed by atoms with van der Waals surface area (Å²) in [5.41, 5.74) is 0.120. The van der Waals surface area contributed by atoms with Crippen molar-refractivity contribution in [1.29, 1.82) is 0 Å². The van der Waals surface area contributed by atoms with Crippen molar-refractivity contribution in [3.05, 3.63) is 34.5 Å². The smallest absolute Gasteiger partial charge is 0.379 e.